The third-order valence-electron chi connectivity index (χ3n) is 3.71. The summed E-state index contributed by atoms with van der Waals surface area (Å²) in [6, 6.07) is 16.6. The fourth-order valence-electron chi connectivity index (χ4n) is 2.52. The highest BCUT2D eigenvalue weighted by atomic mass is 16.5. The molecule has 120 valence electrons. The predicted octanol–water partition coefficient (Wildman–Crippen LogP) is 2.97. The summed E-state index contributed by atoms with van der Waals surface area (Å²) in [7, 11) is 0. The van der Waals surface area contributed by atoms with Crippen LogP contribution in [0.25, 0.3) is 10.9 Å². The summed E-state index contributed by atoms with van der Waals surface area (Å²) in [5.41, 5.74) is -0.123. The Morgan fingerprint density at radius 3 is 2.62 bits per heavy atom. The molecule has 1 atom stereocenters. The molecule has 2 N–H and O–H groups in total. The van der Waals surface area contributed by atoms with Crippen LogP contribution in [0.4, 0.5) is 0 Å². The van der Waals surface area contributed by atoms with E-state index in [-0.39, 0.29) is 6.61 Å². The fourth-order valence-corrected chi connectivity index (χ4v) is 2.52. The quantitative estimate of drug-likeness (QED) is 0.576. The Labute approximate surface area is 140 Å². The number of carbonyl (C=O) groups is 1. The first-order valence-corrected chi connectivity index (χ1v) is 7.69. The van der Waals surface area contributed by atoms with Crippen LogP contribution >= 0.6 is 0 Å². The molecule has 4 heteroatoms. The van der Waals surface area contributed by atoms with E-state index in [4.69, 9.17) is 4.74 Å². The van der Waals surface area contributed by atoms with Crippen molar-refractivity contribution >= 4 is 16.9 Å². The molecular weight excluding hydrogens is 302 g/mol. The van der Waals surface area contributed by atoms with Crippen molar-refractivity contribution in [3.05, 3.63) is 71.9 Å². The molecule has 0 spiro atoms. The molecule has 3 aromatic rings. The van der Waals surface area contributed by atoms with Gasteiger partial charge in [-0.15, -0.1) is 0 Å². The summed E-state index contributed by atoms with van der Waals surface area (Å²) in [5, 5.41) is 11.8. The molecule has 3 rings (SSSR count). The van der Waals surface area contributed by atoms with Crippen LogP contribution in [0.2, 0.25) is 0 Å². The minimum absolute atomic E-state index is 0.163. The zero-order chi connectivity index (χ0) is 17.0. The van der Waals surface area contributed by atoms with Gasteiger partial charge in [0, 0.05) is 28.2 Å². The minimum atomic E-state index is -2.04. The van der Waals surface area contributed by atoms with Gasteiger partial charge in [0.1, 0.15) is 0 Å². The van der Waals surface area contributed by atoms with Gasteiger partial charge in [0.15, 0.2) is 0 Å². The number of hydrogen-bond donors (Lipinski definition) is 2. The number of para-hydroxylation sites is 1. The van der Waals surface area contributed by atoms with Crippen LogP contribution in [0.3, 0.4) is 0 Å². The number of ether oxygens (including phenoxy) is 1. The lowest BCUT2D eigenvalue weighted by molar-refractivity contribution is -0.159. The lowest BCUT2D eigenvalue weighted by Crippen LogP contribution is -2.36. The van der Waals surface area contributed by atoms with Crippen LogP contribution in [0.15, 0.2) is 60.8 Å². The number of H-pyrrole nitrogens is 1. The van der Waals surface area contributed by atoms with Crippen LogP contribution in [-0.2, 0) is 15.1 Å². The third-order valence-corrected chi connectivity index (χ3v) is 3.71. The Bertz CT molecular complexity index is 918. The Morgan fingerprint density at radius 1 is 1.17 bits per heavy atom. The molecule has 0 saturated carbocycles. The van der Waals surface area contributed by atoms with Gasteiger partial charge in [0.05, 0.1) is 6.61 Å². The van der Waals surface area contributed by atoms with E-state index in [0.29, 0.717) is 11.1 Å². The number of aromatic amines is 1. The molecule has 1 heterocycles. The summed E-state index contributed by atoms with van der Waals surface area (Å²) < 4.78 is 5.06. The maximum atomic E-state index is 12.4. The largest absolute Gasteiger partial charge is 0.463 e. The molecule has 24 heavy (non-hydrogen) atoms. The van der Waals surface area contributed by atoms with Crippen molar-refractivity contribution in [2.24, 2.45) is 0 Å². The minimum Gasteiger partial charge on any atom is -0.463 e. The van der Waals surface area contributed by atoms with Gasteiger partial charge in [-0.3, -0.25) is 0 Å². The smallest absolute Gasteiger partial charge is 0.356 e. The molecule has 0 aliphatic carbocycles. The first kappa shape index (κ1) is 15.9. The molecule has 0 aliphatic heterocycles. The second kappa shape index (κ2) is 6.61. The summed E-state index contributed by atoms with van der Waals surface area (Å²) in [5.74, 6) is 4.79. The standard InChI is InChI=1S/C20H17NO3/c1-2-24-19(22)20(23,13-12-15-8-4-3-5-9-15)17-14-21-18-11-7-6-10-16(17)18/h3-11,14,21,23H,2H2,1H3. The van der Waals surface area contributed by atoms with Gasteiger partial charge in [0.25, 0.3) is 5.60 Å². The second-order valence-electron chi connectivity index (χ2n) is 5.29. The number of hydrogen-bond acceptors (Lipinski definition) is 3. The second-order valence-corrected chi connectivity index (χ2v) is 5.29. The van der Waals surface area contributed by atoms with E-state index in [0.717, 1.165) is 10.9 Å². The van der Waals surface area contributed by atoms with Crippen LogP contribution in [-0.4, -0.2) is 22.7 Å². The molecule has 1 unspecified atom stereocenters. The molecule has 0 bridgehead atoms. The van der Waals surface area contributed by atoms with Gasteiger partial charge in [-0.2, -0.15) is 0 Å². The number of aromatic nitrogens is 1. The van der Waals surface area contributed by atoms with Crippen molar-refractivity contribution in [2.45, 2.75) is 12.5 Å². The zero-order valence-electron chi connectivity index (χ0n) is 13.2. The van der Waals surface area contributed by atoms with Gasteiger partial charge < -0.3 is 14.8 Å². The number of benzene rings is 2. The van der Waals surface area contributed by atoms with Gasteiger partial charge in [-0.25, -0.2) is 4.79 Å². The monoisotopic (exact) mass is 319 g/mol. The Hall–Kier alpha value is -3.03. The lowest BCUT2D eigenvalue weighted by Gasteiger charge is -2.19. The van der Waals surface area contributed by atoms with Crippen molar-refractivity contribution in [3.63, 3.8) is 0 Å². The van der Waals surface area contributed by atoms with Crippen LogP contribution < -0.4 is 0 Å². The highest BCUT2D eigenvalue weighted by Gasteiger charge is 2.40. The number of fused-ring (bicyclic) bond motifs is 1. The molecule has 4 nitrogen and oxygen atoms in total. The summed E-state index contributed by atoms with van der Waals surface area (Å²) in [6.45, 7) is 1.86. The molecular formula is C20H17NO3. The highest BCUT2D eigenvalue weighted by molar-refractivity contribution is 5.94. The molecule has 0 aliphatic rings. The number of carbonyl (C=O) groups excluding carboxylic acids is 1. The van der Waals surface area contributed by atoms with E-state index in [1.165, 1.54) is 0 Å². The number of esters is 1. The summed E-state index contributed by atoms with van der Waals surface area (Å²) >= 11 is 0. The Morgan fingerprint density at radius 2 is 1.88 bits per heavy atom. The highest BCUT2D eigenvalue weighted by Crippen LogP contribution is 2.30. The normalized spacial score (nSPS) is 12.9. The lowest BCUT2D eigenvalue weighted by atomic mass is 9.93. The third kappa shape index (κ3) is 2.90. The maximum absolute atomic E-state index is 12.4. The average Bonchev–Trinajstić information content (AvgIpc) is 3.05. The van der Waals surface area contributed by atoms with Crippen molar-refractivity contribution in [2.75, 3.05) is 6.61 Å². The predicted molar refractivity (Wildman–Crippen MR) is 92.1 cm³/mol. The molecule has 2 aromatic carbocycles. The maximum Gasteiger partial charge on any atom is 0.356 e. The molecule has 1 aromatic heterocycles. The van der Waals surface area contributed by atoms with Crippen LogP contribution in [0.5, 0.6) is 0 Å². The van der Waals surface area contributed by atoms with E-state index < -0.39 is 11.6 Å². The van der Waals surface area contributed by atoms with E-state index in [9.17, 15) is 9.90 Å². The molecule has 0 radical (unpaired) electrons. The topological polar surface area (TPSA) is 62.3 Å². The van der Waals surface area contributed by atoms with E-state index in [2.05, 4.69) is 16.8 Å². The van der Waals surface area contributed by atoms with Crippen LogP contribution in [0.1, 0.15) is 18.1 Å². The van der Waals surface area contributed by atoms with E-state index in [1.54, 1.807) is 13.1 Å². The van der Waals surface area contributed by atoms with Crippen molar-refractivity contribution < 1.29 is 14.6 Å². The van der Waals surface area contributed by atoms with Gasteiger partial charge in [-0.05, 0) is 31.0 Å². The number of nitrogens with one attached hydrogen (secondary N) is 1. The Kier molecular flexibility index (Phi) is 4.37. The first-order chi connectivity index (χ1) is 11.6. The van der Waals surface area contributed by atoms with E-state index in [1.807, 2.05) is 54.6 Å². The van der Waals surface area contributed by atoms with Crippen molar-refractivity contribution in [3.8, 4) is 11.8 Å². The summed E-state index contributed by atoms with van der Waals surface area (Å²) in [4.78, 5) is 15.5. The van der Waals surface area contributed by atoms with Gasteiger partial charge >= 0.3 is 5.97 Å². The van der Waals surface area contributed by atoms with Crippen molar-refractivity contribution in [1.82, 2.24) is 4.98 Å². The average molecular weight is 319 g/mol. The first-order valence-electron chi connectivity index (χ1n) is 7.69. The molecule has 0 saturated heterocycles. The molecule has 0 fully saturated rings. The number of aliphatic hydroxyl groups is 1. The van der Waals surface area contributed by atoms with Crippen molar-refractivity contribution in [1.29, 1.82) is 0 Å². The Balaban J connectivity index is 2.13. The fraction of sp³-hybridized carbons (Fsp3) is 0.150. The SMILES string of the molecule is CCOC(=O)C(O)(C#Cc1ccccc1)c1c[nH]c2ccccc12. The molecule has 0 amide bonds. The van der Waals surface area contributed by atoms with Gasteiger partial charge in [-0.1, -0.05) is 42.3 Å². The van der Waals surface area contributed by atoms with Gasteiger partial charge in [0.2, 0.25) is 0 Å². The zero-order valence-corrected chi connectivity index (χ0v) is 13.2. The summed E-state index contributed by atoms with van der Waals surface area (Å²) in [6.07, 6.45) is 1.60. The number of rotatable bonds is 3. The van der Waals surface area contributed by atoms with E-state index >= 15 is 0 Å². The van der Waals surface area contributed by atoms with Crippen LogP contribution in [0, 0.1) is 11.8 Å².